The predicted octanol–water partition coefficient (Wildman–Crippen LogP) is 4.74. The molecule has 0 saturated carbocycles. The molecule has 1 N–H and O–H groups in total. The molecule has 138 valence electrons. The van der Waals surface area contributed by atoms with Crippen LogP contribution in [0.25, 0.3) is 5.69 Å². The zero-order valence-electron chi connectivity index (χ0n) is 15.5. The molecular weight excluding hydrogens is 376 g/mol. The standard InChI is InChI=1S/C21H21ClN4S/c1-13-12-15(14(2)26(13)18-10-5-4-8-16(18)22)20-19(24-21(27)25(20)3)17-9-6-7-11-23-17/h4-12,19-20H,1-3H3,(H,24,27)/t19-,20-/m0/s1. The second kappa shape index (κ2) is 6.98. The number of aryl methyl sites for hydroxylation is 1. The highest BCUT2D eigenvalue weighted by atomic mass is 35.5. The molecule has 0 amide bonds. The number of rotatable bonds is 3. The molecule has 0 radical (unpaired) electrons. The fraction of sp³-hybridized carbons (Fsp3) is 0.238. The van der Waals surface area contributed by atoms with E-state index in [1.54, 1.807) is 0 Å². The minimum atomic E-state index is 0.00361. The van der Waals surface area contributed by atoms with Crippen molar-refractivity contribution in [3.8, 4) is 5.69 Å². The van der Waals surface area contributed by atoms with Crippen LogP contribution in [0.3, 0.4) is 0 Å². The first-order valence-corrected chi connectivity index (χ1v) is 9.65. The van der Waals surface area contributed by atoms with Crippen molar-refractivity contribution in [2.24, 2.45) is 0 Å². The Bertz CT molecular complexity index is 999. The minimum Gasteiger partial charge on any atom is -0.352 e. The molecule has 1 aromatic carbocycles. The van der Waals surface area contributed by atoms with Crippen LogP contribution in [0.1, 0.15) is 34.7 Å². The van der Waals surface area contributed by atoms with Crippen LogP contribution in [0.15, 0.2) is 54.7 Å². The summed E-state index contributed by atoms with van der Waals surface area (Å²) in [6, 6.07) is 16.2. The highest BCUT2D eigenvalue weighted by molar-refractivity contribution is 7.80. The highest BCUT2D eigenvalue weighted by Gasteiger charge is 2.39. The molecule has 3 heterocycles. The summed E-state index contributed by atoms with van der Waals surface area (Å²) in [7, 11) is 2.03. The van der Waals surface area contributed by atoms with Crippen molar-refractivity contribution in [3.05, 3.63) is 82.4 Å². The van der Waals surface area contributed by atoms with E-state index >= 15 is 0 Å². The van der Waals surface area contributed by atoms with Gasteiger partial charge in [0.2, 0.25) is 0 Å². The predicted molar refractivity (Wildman–Crippen MR) is 113 cm³/mol. The van der Waals surface area contributed by atoms with Gasteiger partial charge >= 0.3 is 0 Å². The zero-order chi connectivity index (χ0) is 19.1. The Morgan fingerprint density at radius 2 is 1.85 bits per heavy atom. The van der Waals surface area contributed by atoms with Gasteiger partial charge in [-0.25, -0.2) is 0 Å². The zero-order valence-corrected chi connectivity index (χ0v) is 17.1. The summed E-state index contributed by atoms with van der Waals surface area (Å²) in [4.78, 5) is 6.68. The third-order valence-corrected chi connectivity index (χ3v) is 5.95. The van der Waals surface area contributed by atoms with Gasteiger partial charge in [-0.15, -0.1) is 0 Å². The molecule has 1 fully saturated rings. The van der Waals surface area contributed by atoms with Crippen LogP contribution >= 0.6 is 23.8 Å². The van der Waals surface area contributed by atoms with E-state index in [1.807, 2.05) is 55.7 Å². The van der Waals surface area contributed by atoms with Gasteiger partial charge in [-0.2, -0.15) is 0 Å². The number of likely N-dealkylation sites (N-methyl/N-ethyl adjacent to an activating group) is 1. The number of aromatic nitrogens is 2. The van der Waals surface area contributed by atoms with Crippen molar-refractivity contribution in [2.75, 3.05) is 7.05 Å². The maximum Gasteiger partial charge on any atom is 0.169 e. The Kier molecular flexibility index (Phi) is 4.66. The number of benzene rings is 1. The SMILES string of the molecule is Cc1cc([C@H]2[C@H](c3ccccn3)NC(=S)N2C)c(C)n1-c1ccccc1Cl. The molecule has 4 nitrogen and oxygen atoms in total. The van der Waals surface area contributed by atoms with Gasteiger partial charge in [0.05, 0.1) is 28.5 Å². The van der Waals surface area contributed by atoms with Gasteiger partial charge in [-0.1, -0.05) is 29.8 Å². The van der Waals surface area contributed by atoms with Crippen molar-refractivity contribution in [2.45, 2.75) is 25.9 Å². The van der Waals surface area contributed by atoms with E-state index in [1.165, 1.54) is 5.56 Å². The summed E-state index contributed by atoms with van der Waals surface area (Å²) >= 11 is 12.0. The van der Waals surface area contributed by atoms with Gasteiger partial charge in [0, 0.05) is 24.6 Å². The molecule has 1 aliphatic rings. The van der Waals surface area contributed by atoms with E-state index in [2.05, 4.69) is 39.7 Å². The van der Waals surface area contributed by atoms with Crippen molar-refractivity contribution in [1.29, 1.82) is 0 Å². The average Bonchev–Trinajstić information content (AvgIpc) is 3.12. The van der Waals surface area contributed by atoms with Crippen molar-refractivity contribution in [3.63, 3.8) is 0 Å². The lowest BCUT2D eigenvalue weighted by atomic mass is 9.97. The Hall–Kier alpha value is -2.37. The third-order valence-electron chi connectivity index (χ3n) is 5.22. The molecule has 2 atom stereocenters. The minimum absolute atomic E-state index is 0.00361. The van der Waals surface area contributed by atoms with Crippen LogP contribution in [0.4, 0.5) is 0 Å². The largest absolute Gasteiger partial charge is 0.352 e. The highest BCUT2D eigenvalue weighted by Crippen LogP contribution is 2.40. The lowest BCUT2D eigenvalue weighted by molar-refractivity contribution is 0.367. The van der Waals surface area contributed by atoms with Crippen molar-refractivity contribution >= 4 is 28.9 Å². The molecule has 1 saturated heterocycles. The second-order valence-electron chi connectivity index (χ2n) is 6.85. The number of hydrogen-bond acceptors (Lipinski definition) is 2. The Morgan fingerprint density at radius 3 is 2.56 bits per heavy atom. The molecule has 0 aliphatic carbocycles. The average molecular weight is 397 g/mol. The van der Waals surface area contributed by atoms with E-state index in [-0.39, 0.29) is 12.1 Å². The van der Waals surface area contributed by atoms with Crippen molar-refractivity contribution < 1.29 is 0 Å². The molecule has 0 bridgehead atoms. The summed E-state index contributed by atoms with van der Waals surface area (Å²) in [6.45, 7) is 4.24. The first kappa shape index (κ1) is 18.0. The van der Waals surface area contributed by atoms with Gasteiger partial charge in [-0.05, 0) is 62.0 Å². The molecule has 27 heavy (non-hydrogen) atoms. The summed E-state index contributed by atoms with van der Waals surface area (Å²) in [5.74, 6) is 0. The van der Waals surface area contributed by atoms with E-state index < -0.39 is 0 Å². The maximum atomic E-state index is 6.47. The van der Waals surface area contributed by atoms with Crippen LogP contribution < -0.4 is 5.32 Å². The van der Waals surface area contributed by atoms with E-state index in [4.69, 9.17) is 23.8 Å². The first-order chi connectivity index (χ1) is 13.0. The van der Waals surface area contributed by atoms with Crippen LogP contribution in [-0.4, -0.2) is 26.6 Å². The number of nitrogens with one attached hydrogen (secondary N) is 1. The second-order valence-corrected chi connectivity index (χ2v) is 7.64. The molecule has 0 unspecified atom stereocenters. The maximum absolute atomic E-state index is 6.47. The molecule has 1 aliphatic heterocycles. The number of halogens is 1. The van der Waals surface area contributed by atoms with Crippen LogP contribution in [0.5, 0.6) is 0 Å². The monoisotopic (exact) mass is 396 g/mol. The molecule has 2 aromatic heterocycles. The van der Waals surface area contributed by atoms with Gasteiger partial charge in [-0.3, -0.25) is 4.98 Å². The Balaban J connectivity index is 1.84. The van der Waals surface area contributed by atoms with Crippen molar-refractivity contribution in [1.82, 2.24) is 19.8 Å². The molecular formula is C21H21ClN4S. The number of pyridine rings is 1. The normalized spacial score (nSPS) is 19.4. The fourth-order valence-corrected chi connectivity index (χ4v) is 4.40. The number of nitrogens with zero attached hydrogens (tertiary/aromatic N) is 3. The van der Waals surface area contributed by atoms with Gasteiger partial charge in [0.15, 0.2) is 5.11 Å². The number of para-hydroxylation sites is 1. The van der Waals surface area contributed by atoms with Crippen LogP contribution in [0, 0.1) is 13.8 Å². The first-order valence-electron chi connectivity index (χ1n) is 8.87. The topological polar surface area (TPSA) is 33.1 Å². The van der Waals surface area contributed by atoms with Gasteiger partial charge < -0.3 is 14.8 Å². The molecule has 0 spiro atoms. The van der Waals surface area contributed by atoms with Crippen LogP contribution in [-0.2, 0) is 0 Å². The summed E-state index contributed by atoms with van der Waals surface area (Å²) in [6.07, 6.45) is 1.82. The quantitative estimate of drug-likeness (QED) is 0.648. The van der Waals surface area contributed by atoms with Crippen LogP contribution in [0.2, 0.25) is 5.02 Å². The summed E-state index contributed by atoms with van der Waals surface area (Å²) in [5, 5.41) is 4.91. The van der Waals surface area contributed by atoms with Gasteiger partial charge in [0.1, 0.15) is 0 Å². The Labute approximate surface area is 169 Å². The molecule has 4 rings (SSSR count). The summed E-state index contributed by atoms with van der Waals surface area (Å²) < 4.78 is 2.21. The lowest BCUT2D eigenvalue weighted by Crippen LogP contribution is -2.25. The van der Waals surface area contributed by atoms with E-state index in [0.29, 0.717) is 0 Å². The van der Waals surface area contributed by atoms with E-state index in [0.717, 1.165) is 32.9 Å². The summed E-state index contributed by atoms with van der Waals surface area (Å²) in [5.41, 5.74) is 5.49. The lowest BCUT2D eigenvalue weighted by Gasteiger charge is -2.24. The number of thiocarbonyl (C=S) groups is 1. The number of hydrogen-bond donors (Lipinski definition) is 1. The molecule has 3 aromatic rings. The smallest absolute Gasteiger partial charge is 0.169 e. The fourth-order valence-electron chi connectivity index (χ4n) is 3.94. The third kappa shape index (κ3) is 3.01. The van der Waals surface area contributed by atoms with E-state index in [9.17, 15) is 0 Å². The Morgan fingerprint density at radius 1 is 1.11 bits per heavy atom. The van der Waals surface area contributed by atoms with Gasteiger partial charge in [0.25, 0.3) is 0 Å². The molecule has 6 heteroatoms.